The van der Waals surface area contributed by atoms with Crippen molar-refractivity contribution in [1.82, 2.24) is 10.4 Å². The van der Waals surface area contributed by atoms with Gasteiger partial charge in [0.2, 0.25) is 0 Å². The van der Waals surface area contributed by atoms with E-state index in [1.165, 1.54) is 10.4 Å². The molecule has 3 aromatic carbocycles. The minimum atomic E-state index is -2.81. The lowest BCUT2D eigenvalue weighted by Gasteiger charge is -2.47. The Hall–Kier alpha value is -3.01. The van der Waals surface area contributed by atoms with Crippen molar-refractivity contribution < 1.29 is 23.4 Å². The van der Waals surface area contributed by atoms with Crippen LogP contribution in [0.25, 0.3) is 0 Å². The first-order valence-corrected chi connectivity index (χ1v) is 16.3. The highest BCUT2D eigenvalue weighted by Crippen LogP contribution is 2.39. The molecule has 5 rings (SSSR count). The van der Waals surface area contributed by atoms with E-state index >= 15 is 0 Å². The van der Waals surface area contributed by atoms with Crippen LogP contribution >= 0.6 is 0 Å². The third-order valence-corrected chi connectivity index (χ3v) is 13.1. The minimum Gasteiger partial charge on any atom is -0.444 e. The van der Waals surface area contributed by atoms with Gasteiger partial charge >= 0.3 is 6.09 Å². The van der Waals surface area contributed by atoms with Crippen LogP contribution in [0.4, 0.5) is 4.79 Å². The number of hydrogen-bond acceptors (Lipinski definition) is 6. The summed E-state index contributed by atoms with van der Waals surface area (Å²) in [6.45, 7) is 13.1. The molecule has 2 heterocycles. The predicted octanol–water partition coefficient (Wildman–Crippen LogP) is 5.00. The zero-order valence-corrected chi connectivity index (χ0v) is 25.9. The van der Waals surface area contributed by atoms with Crippen molar-refractivity contribution in [3.63, 3.8) is 0 Å². The number of hydrogen-bond donors (Lipinski definition) is 1. The number of carbonyl (C=O) groups excluding carboxylic acids is 1. The Morgan fingerprint density at radius 1 is 0.878 bits per heavy atom. The summed E-state index contributed by atoms with van der Waals surface area (Å²) in [4.78, 5) is 13.4. The molecule has 2 aliphatic heterocycles. The summed E-state index contributed by atoms with van der Waals surface area (Å²) in [5, 5.41) is 3.76. The lowest BCUT2D eigenvalue weighted by Crippen LogP contribution is -2.71. The van der Waals surface area contributed by atoms with Gasteiger partial charge in [0.15, 0.2) is 5.79 Å². The topological polar surface area (TPSA) is 69.3 Å². The molecule has 0 spiro atoms. The molecule has 3 aromatic rings. The molecule has 0 saturated carbocycles. The standard InChI is InChI=1S/C33H42N2O5Si/c1-24-29-30(40-33(5,6)39-29)28(34-35(24)31(36)37-22-25-16-10-7-11-17-25)23-38-41(32(2,3)4,26-18-12-8-13-19-26)27-20-14-9-15-21-27/h7-21,24,28-30,34H,22-23H2,1-6H3/t24-,28-,29+,30-/m0/s1. The van der Waals surface area contributed by atoms with Crippen molar-refractivity contribution in [3.05, 3.63) is 96.6 Å². The van der Waals surface area contributed by atoms with Crippen LogP contribution in [0.5, 0.6) is 0 Å². The molecular formula is C33H42N2O5Si. The van der Waals surface area contributed by atoms with Crippen molar-refractivity contribution in [1.29, 1.82) is 0 Å². The molecule has 8 heteroatoms. The first kappa shape index (κ1) is 29.5. The zero-order chi connectivity index (χ0) is 29.3. The van der Waals surface area contributed by atoms with Crippen LogP contribution in [0, 0.1) is 0 Å². The van der Waals surface area contributed by atoms with Crippen molar-refractivity contribution in [2.75, 3.05) is 6.61 Å². The van der Waals surface area contributed by atoms with E-state index in [9.17, 15) is 4.79 Å². The number of benzene rings is 3. The van der Waals surface area contributed by atoms with E-state index in [0.29, 0.717) is 6.61 Å². The summed E-state index contributed by atoms with van der Waals surface area (Å²) in [5.74, 6) is -0.787. The first-order chi connectivity index (χ1) is 19.5. The number of amides is 1. The maximum absolute atomic E-state index is 13.4. The number of fused-ring (bicyclic) bond motifs is 1. The summed E-state index contributed by atoms with van der Waals surface area (Å²) in [6, 6.07) is 30.1. The van der Waals surface area contributed by atoms with Gasteiger partial charge in [-0.1, -0.05) is 112 Å². The Kier molecular flexibility index (Phi) is 8.41. The molecule has 2 fully saturated rings. The number of carbonyl (C=O) groups is 1. The highest BCUT2D eigenvalue weighted by Gasteiger charge is 2.56. The molecule has 7 nitrogen and oxygen atoms in total. The van der Waals surface area contributed by atoms with Crippen LogP contribution < -0.4 is 15.8 Å². The van der Waals surface area contributed by atoms with Gasteiger partial charge in [-0.05, 0) is 41.7 Å². The van der Waals surface area contributed by atoms with Crippen LogP contribution in [-0.2, 0) is 25.2 Å². The summed E-state index contributed by atoms with van der Waals surface area (Å²) in [5.41, 5.74) is 4.35. The molecule has 218 valence electrons. The van der Waals surface area contributed by atoms with Crippen LogP contribution in [0.2, 0.25) is 5.04 Å². The van der Waals surface area contributed by atoms with Gasteiger partial charge in [-0.25, -0.2) is 15.2 Å². The third kappa shape index (κ3) is 5.98. The van der Waals surface area contributed by atoms with E-state index in [-0.39, 0.29) is 35.9 Å². The van der Waals surface area contributed by atoms with Crippen molar-refractivity contribution in [2.45, 2.75) is 83.3 Å². The number of rotatable bonds is 7. The monoisotopic (exact) mass is 574 g/mol. The average molecular weight is 575 g/mol. The van der Waals surface area contributed by atoms with E-state index in [0.717, 1.165) is 5.56 Å². The molecule has 0 radical (unpaired) electrons. The summed E-state index contributed by atoms with van der Waals surface area (Å²) in [7, 11) is -2.81. The minimum absolute atomic E-state index is 0.183. The lowest BCUT2D eigenvalue weighted by atomic mass is 9.98. The van der Waals surface area contributed by atoms with Crippen LogP contribution in [0.15, 0.2) is 91.0 Å². The summed E-state index contributed by atoms with van der Waals surface area (Å²) < 4.78 is 25.7. The van der Waals surface area contributed by atoms with Crippen LogP contribution in [-0.4, -0.2) is 56.1 Å². The Morgan fingerprint density at radius 3 is 1.93 bits per heavy atom. The molecule has 2 aliphatic rings. The first-order valence-electron chi connectivity index (χ1n) is 14.4. The second kappa shape index (κ2) is 11.7. The van der Waals surface area contributed by atoms with Gasteiger partial charge in [-0.15, -0.1) is 0 Å². The van der Waals surface area contributed by atoms with Gasteiger partial charge < -0.3 is 18.6 Å². The van der Waals surface area contributed by atoms with Gasteiger partial charge in [0.1, 0.15) is 18.8 Å². The second-order valence-electron chi connectivity index (χ2n) is 12.4. The van der Waals surface area contributed by atoms with E-state index in [2.05, 4.69) is 74.7 Å². The van der Waals surface area contributed by atoms with Gasteiger partial charge in [0.25, 0.3) is 8.32 Å². The number of ether oxygens (including phenoxy) is 3. The zero-order valence-electron chi connectivity index (χ0n) is 24.9. The largest absolute Gasteiger partial charge is 0.444 e. The Balaban J connectivity index is 1.45. The molecule has 0 unspecified atom stereocenters. The fraction of sp³-hybridized carbons (Fsp3) is 0.424. The fourth-order valence-corrected chi connectivity index (χ4v) is 10.7. The molecule has 41 heavy (non-hydrogen) atoms. The Labute approximate surface area is 244 Å². The third-order valence-electron chi connectivity index (χ3n) is 8.05. The molecule has 4 atom stereocenters. The average Bonchev–Trinajstić information content (AvgIpc) is 3.30. The van der Waals surface area contributed by atoms with E-state index in [1.54, 1.807) is 5.01 Å². The van der Waals surface area contributed by atoms with Crippen molar-refractivity contribution in [2.24, 2.45) is 0 Å². The lowest BCUT2D eigenvalue weighted by molar-refractivity contribution is -0.148. The fourth-order valence-electron chi connectivity index (χ4n) is 6.13. The van der Waals surface area contributed by atoms with Crippen LogP contribution in [0.1, 0.15) is 47.1 Å². The quantitative estimate of drug-likeness (QED) is 0.401. The molecule has 2 saturated heterocycles. The van der Waals surface area contributed by atoms with Crippen LogP contribution in [0.3, 0.4) is 0 Å². The molecule has 1 amide bonds. The van der Waals surface area contributed by atoms with Gasteiger partial charge in [0.05, 0.1) is 18.7 Å². The summed E-state index contributed by atoms with van der Waals surface area (Å²) >= 11 is 0. The molecule has 1 N–H and O–H groups in total. The molecular weight excluding hydrogens is 532 g/mol. The van der Waals surface area contributed by atoms with Gasteiger partial charge in [-0.2, -0.15) is 0 Å². The molecule has 0 aliphatic carbocycles. The number of nitrogens with zero attached hydrogens (tertiary/aromatic N) is 1. The second-order valence-corrected chi connectivity index (χ2v) is 16.7. The number of nitrogens with one attached hydrogen (secondary N) is 1. The van der Waals surface area contributed by atoms with E-state index in [4.69, 9.17) is 18.6 Å². The molecule has 0 aromatic heterocycles. The maximum atomic E-state index is 13.4. The van der Waals surface area contributed by atoms with Crippen molar-refractivity contribution >= 4 is 24.8 Å². The van der Waals surface area contributed by atoms with E-state index < -0.39 is 20.2 Å². The Bertz CT molecular complexity index is 1260. The summed E-state index contributed by atoms with van der Waals surface area (Å²) in [6.07, 6.45) is -1.11. The smallest absolute Gasteiger partial charge is 0.424 e. The SMILES string of the molecule is C[C@H]1[C@H]2OC(C)(C)O[C@H]2[C@H](CO[Si](c2ccccc2)(c2ccccc2)C(C)(C)C)NN1C(=O)OCc1ccccc1. The highest BCUT2D eigenvalue weighted by molar-refractivity contribution is 6.99. The molecule has 0 bridgehead atoms. The van der Waals surface area contributed by atoms with Gasteiger partial charge in [0, 0.05) is 0 Å². The van der Waals surface area contributed by atoms with Gasteiger partial charge in [-0.3, -0.25) is 0 Å². The highest BCUT2D eigenvalue weighted by atomic mass is 28.4. The van der Waals surface area contributed by atoms with Crippen molar-refractivity contribution in [3.8, 4) is 0 Å². The predicted molar refractivity (Wildman–Crippen MR) is 162 cm³/mol. The van der Waals surface area contributed by atoms with E-state index in [1.807, 2.05) is 63.2 Å². The number of hydrazine groups is 1. The normalized spacial score (nSPS) is 24.1. The Morgan fingerprint density at radius 2 is 1.39 bits per heavy atom. The maximum Gasteiger partial charge on any atom is 0.424 e.